The van der Waals surface area contributed by atoms with Gasteiger partial charge < -0.3 is 20.1 Å². The molecule has 0 spiro atoms. The Balaban J connectivity index is 2.29. The van der Waals surface area contributed by atoms with E-state index in [2.05, 4.69) is 12.2 Å². The van der Waals surface area contributed by atoms with Crippen LogP contribution in [0.25, 0.3) is 0 Å². The van der Waals surface area contributed by atoms with Crippen molar-refractivity contribution in [1.82, 2.24) is 10.2 Å². The zero-order valence-corrected chi connectivity index (χ0v) is 13.5. The first-order valence-electron chi connectivity index (χ1n) is 8.47. The van der Waals surface area contributed by atoms with Gasteiger partial charge in [0.05, 0.1) is 13.2 Å². The van der Waals surface area contributed by atoms with Crippen LogP contribution in [0.3, 0.4) is 0 Å². The first-order chi connectivity index (χ1) is 10.3. The van der Waals surface area contributed by atoms with E-state index in [9.17, 15) is 4.79 Å². The van der Waals surface area contributed by atoms with Gasteiger partial charge in [-0.25, -0.2) is 0 Å². The Morgan fingerprint density at radius 2 is 2.00 bits per heavy atom. The average molecular weight is 300 g/mol. The van der Waals surface area contributed by atoms with E-state index in [-0.39, 0.29) is 18.6 Å². The maximum Gasteiger partial charge on any atom is 0.224 e. The van der Waals surface area contributed by atoms with Crippen LogP contribution in [0.2, 0.25) is 0 Å². The Bertz CT molecular complexity index is 268. The SMILES string of the molecule is CCCCCCCN(CCCO)C(=O)CC1COCCN1. The Hall–Kier alpha value is -0.650. The molecule has 0 aliphatic carbocycles. The summed E-state index contributed by atoms with van der Waals surface area (Å²) in [5.41, 5.74) is 0. The maximum atomic E-state index is 12.4. The molecule has 1 fully saturated rings. The van der Waals surface area contributed by atoms with Gasteiger partial charge in [-0.2, -0.15) is 0 Å². The van der Waals surface area contributed by atoms with Crippen LogP contribution in [0.1, 0.15) is 51.9 Å². The molecular formula is C16H32N2O3. The standard InChI is InChI=1S/C16H32N2O3/c1-2-3-4-5-6-9-18(10-7-11-19)16(20)13-15-14-21-12-8-17-15/h15,17,19H,2-14H2,1H3. The second kappa shape index (κ2) is 12.0. The molecule has 0 aromatic rings. The molecule has 1 amide bonds. The van der Waals surface area contributed by atoms with E-state index in [1.54, 1.807) is 0 Å². The Kier molecular flexibility index (Phi) is 10.5. The van der Waals surface area contributed by atoms with Gasteiger partial charge in [0, 0.05) is 38.7 Å². The minimum absolute atomic E-state index is 0.142. The van der Waals surface area contributed by atoms with Crippen molar-refractivity contribution in [2.75, 3.05) is 39.5 Å². The highest BCUT2D eigenvalue weighted by Crippen LogP contribution is 2.08. The monoisotopic (exact) mass is 300 g/mol. The third-order valence-electron chi connectivity index (χ3n) is 3.89. The molecule has 1 rings (SSSR count). The lowest BCUT2D eigenvalue weighted by atomic mass is 10.1. The smallest absolute Gasteiger partial charge is 0.224 e. The molecule has 1 aliphatic rings. The molecule has 1 saturated heterocycles. The van der Waals surface area contributed by atoms with E-state index in [0.29, 0.717) is 26.0 Å². The minimum Gasteiger partial charge on any atom is -0.396 e. The maximum absolute atomic E-state index is 12.4. The number of nitrogens with zero attached hydrogens (tertiary/aromatic N) is 1. The average Bonchev–Trinajstić information content (AvgIpc) is 2.51. The number of aliphatic hydroxyl groups is 1. The van der Waals surface area contributed by atoms with Gasteiger partial charge in [0.2, 0.25) is 5.91 Å². The lowest BCUT2D eigenvalue weighted by Gasteiger charge is -2.27. The summed E-state index contributed by atoms with van der Waals surface area (Å²) >= 11 is 0. The molecule has 124 valence electrons. The zero-order valence-electron chi connectivity index (χ0n) is 13.5. The van der Waals surface area contributed by atoms with Crippen molar-refractivity contribution in [2.24, 2.45) is 0 Å². The molecule has 0 saturated carbocycles. The number of morpholine rings is 1. The van der Waals surface area contributed by atoms with Gasteiger partial charge >= 0.3 is 0 Å². The lowest BCUT2D eigenvalue weighted by molar-refractivity contribution is -0.132. The molecule has 0 aromatic heterocycles. The van der Waals surface area contributed by atoms with Crippen LogP contribution in [-0.2, 0) is 9.53 Å². The third kappa shape index (κ3) is 8.39. The predicted octanol–water partition coefficient (Wildman–Crippen LogP) is 1.55. The molecule has 1 heterocycles. The molecule has 0 bridgehead atoms. The fourth-order valence-electron chi connectivity index (χ4n) is 2.62. The van der Waals surface area contributed by atoms with Gasteiger partial charge in [-0.15, -0.1) is 0 Å². The van der Waals surface area contributed by atoms with Crippen LogP contribution >= 0.6 is 0 Å². The Morgan fingerprint density at radius 1 is 1.24 bits per heavy atom. The summed E-state index contributed by atoms with van der Waals surface area (Å²) < 4.78 is 5.40. The third-order valence-corrected chi connectivity index (χ3v) is 3.89. The zero-order chi connectivity index (χ0) is 15.3. The quantitative estimate of drug-likeness (QED) is 0.568. The van der Waals surface area contributed by atoms with Gasteiger partial charge in [0.1, 0.15) is 0 Å². The number of aliphatic hydroxyl groups excluding tert-OH is 1. The number of amides is 1. The van der Waals surface area contributed by atoms with Crippen LogP contribution < -0.4 is 5.32 Å². The molecule has 0 radical (unpaired) electrons. The van der Waals surface area contributed by atoms with Crippen molar-refractivity contribution in [3.05, 3.63) is 0 Å². The van der Waals surface area contributed by atoms with Crippen LogP contribution in [0, 0.1) is 0 Å². The second-order valence-electron chi connectivity index (χ2n) is 5.80. The molecule has 1 aliphatic heterocycles. The number of nitrogens with one attached hydrogen (secondary N) is 1. The van der Waals surface area contributed by atoms with Crippen LogP contribution in [0.5, 0.6) is 0 Å². The van der Waals surface area contributed by atoms with Crippen LogP contribution in [0.15, 0.2) is 0 Å². The molecule has 0 aromatic carbocycles. The minimum atomic E-state index is 0.142. The van der Waals surface area contributed by atoms with Gasteiger partial charge in [0.25, 0.3) is 0 Å². The lowest BCUT2D eigenvalue weighted by Crippen LogP contribution is -2.45. The van der Waals surface area contributed by atoms with E-state index in [4.69, 9.17) is 9.84 Å². The molecule has 5 nitrogen and oxygen atoms in total. The number of rotatable bonds is 11. The van der Waals surface area contributed by atoms with Gasteiger partial charge in [-0.3, -0.25) is 4.79 Å². The summed E-state index contributed by atoms with van der Waals surface area (Å²) in [6.07, 6.45) is 7.16. The number of carbonyl (C=O) groups is 1. The topological polar surface area (TPSA) is 61.8 Å². The number of ether oxygens (including phenoxy) is 1. The largest absolute Gasteiger partial charge is 0.396 e. The van der Waals surface area contributed by atoms with Crippen molar-refractivity contribution in [3.63, 3.8) is 0 Å². The summed E-state index contributed by atoms with van der Waals surface area (Å²) in [5.74, 6) is 0.182. The predicted molar refractivity (Wildman–Crippen MR) is 84.3 cm³/mol. The molecule has 1 unspecified atom stereocenters. The summed E-state index contributed by atoms with van der Waals surface area (Å²) in [6, 6.07) is 0.142. The van der Waals surface area contributed by atoms with Crippen molar-refractivity contribution in [3.8, 4) is 0 Å². The normalized spacial score (nSPS) is 18.7. The van der Waals surface area contributed by atoms with Crippen molar-refractivity contribution >= 4 is 5.91 Å². The molecular weight excluding hydrogens is 268 g/mol. The highest BCUT2D eigenvalue weighted by atomic mass is 16.5. The highest BCUT2D eigenvalue weighted by Gasteiger charge is 2.20. The van der Waals surface area contributed by atoms with Gasteiger partial charge in [-0.05, 0) is 12.8 Å². The van der Waals surface area contributed by atoms with E-state index >= 15 is 0 Å². The van der Waals surface area contributed by atoms with Crippen molar-refractivity contribution in [2.45, 2.75) is 57.9 Å². The van der Waals surface area contributed by atoms with E-state index < -0.39 is 0 Å². The fourth-order valence-corrected chi connectivity index (χ4v) is 2.62. The summed E-state index contributed by atoms with van der Waals surface area (Å²) in [6.45, 7) is 6.01. The van der Waals surface area contributed by atoms with Gasteiger partial charge in [0.15, 0.2) is 0 Å². The summed E-state index contributed by atoms with van der Waals surface area (Å²) in [7, 11) is 0. The summed E-state index contributed by atoms with van der Waals surface area (Å²) in [4.78, 5) is 14.3. The Labute approximate surface area is 129 Å². The molecule has 2 N–H and O–H groups in total. The van der Waals surface area contributed by atoms with Crippen molar-refractivity contribution in [1.29, 1.82) is 0 Å². The number of unbranched alkanes of at least 4 members (excludes halogenated alkanes) is 4. The highest BCUT2D eigenvalue weighted by molar-refractivity contribution is 5.76. The fraction of sp³-hybridized carbons (Fsp3) is 0.938. The number of hydrogen-bond acceptors (Lipinski definition) is 4. The van der Waals surface area contributed by atoms with Gasteiger partial charge in [-0.1, -0.05) is 32.6 Å². The second-order valence-corrected chi connectivity index (χ2v) is 5.80. The van der Waals surface area contributed by atoms with Crippen LogP contribution in [0.4, 0.5) is 0 Å². The van der Waals surface area contributed by atoms with Crippen LogP contribution in [-0.4, -0.2) is 61.4 Å². The Morgan fingerprint density at radius 3 is 2.67 bits per heavy atom. The van der Waals surface area contributed by atoms with E-state index in [0.717, 1.165) is 26.1 Å². The van der Waals surface area contributed by atoms with Crippen molar-refractivity contribution < 1.29 is 14.6 Å². The number of hydrogen-bond donors (Lipinski definition) is 2. The molecule has 21 heavy (non-hydrogen) atoms. The molecule has 1 atom stereocenters. The summed E-state index contributed by atoms with van der Waals surface area (Å²) in [5, 5.41) is 12.3. The van der Waals surface area contributed by atoms with E-state index in [1.807, 2.05) is 4.90 Å². The molecule has 5 heteroatoms. The first kappa shape index (κ1) is 18.4. The van der Waals surface area contributed by atoms with E-state index in [1.165, 1.54) is 25.7 Å². The first-order valence-corrected chi connectivity index (χ1v) is 8.47. The number of carbonyl (C=O) groups excluding carboxylic acids is 1.